The van der Waals surface area contributed by atoms with Crippen molar-refractivity contribution in [2.45, 2.75) is 110 Å². The molecule has 0 saturated heterocycles. The first kappa shape index (κ1) is 20.5. The second-order valence-corrected chi connectivity index (χ2v) is 8.94. The van der Waals surface area contributed by atoms with Crippen molar-refractivity contribution in [2.75, 3.05) is 0 Å². The summed E-state index contributed by atoms with van der Waals surface area (Å²) in [5, 5.41) is 8.64. The van der Waals surface area contributed by atoms with Crippen LogP contribution in [0.2, 0.25) is 0 Å². The van der Waals surface area contributed by atoms with E-state index in [1.807, 2.05) is 0 Å². The first-order chi connectivity index (χ1) is 12.3. The Labute approximate surface area is 157 Å². The van der Waals surface area contributed by atoms with Crippen LogP contribution in [0.25, 0.3) is 0 Å². The van der Waals surface area contributed by atoms with Crippen LogP contribution in [-0.4, -0.2) is 0 Å². The fraction of sp³-hybridized carbons (Fsp3) is 0.875. The van der Waals surface area contributed by atoms with Crippen LogP contribution in [0.1, 0.15) is 110 Å². The molecular weight excluding hydrogens is 302 g/mol. The minimum absolute atomic E-state index is 0.684. The average Bonchev–Trinajstić information content (AvgIpc) is 2.66. The van der Waals surface area contributed by atoms with E-state index in [1.54, 1.807) is 6.08 Å². The van der Waals surface area contributed by atoms with Crippen molar-refractivity contribution >= 4 is 0 Å². The third-order valence-corrected chi connectivity index (χ3v) is 7.00. The van der Waals surface area contributed by atoms with E-state index in [0.29, 0.717) is 5.92 Å². The summed E-state index contributed by atoms with van der Waals surface area (Å²) in [7, 11) is 0. The highest BCUT2D eigenvalue weighted by Crippen LogP contribution is 2.38. The molecule has 0 spiro atoms. The SMILES string of the molecule is CCCCCCC[C@H]1CC[C@H](CC[C@H]2CC[C@H](/C=C/C#N)CC2)CC1. The fourth-order valence-corrected chi connectivity index (χ4v) is 5.17. The van der Waals surface area contributed by atoms with Crippen LogP contribution >= 0.6 is 0 Å². The van der Waals surface area contributed by atoms with Crippen LogP contribution in [0.15, 0.2) is 12.2 Å². The molecule has 0 bridgehead atoms. The van der Waals surface area contributed by atoms with Gasteiger partial charge >= 0.3 is 0 Å². The van der Waals surface area contributed by atoms with Gasteiger partial charge in [0.15, 0.2) is 0 Å². The molecule has 2 rings (SSSR count). The molecule has 2 aliphatic carbocycles. The van der Waals surface area contributed by atoms with Crippen LogP contribution < -0.4 is 0 Å². The zero-order chi connectivity index (χ0) is 17.7. The molecule has 0 heterocycles. The Bertz CT molecular complexity index is 389. The first-order valence-corrected chi connectivity index (χ1v) is 11.4. The lowest BCUT2D eigenvalue weighted by atomic mass is 9.75. The Hall–Kier alpha value is -0.770. The Morgan fingerprint density at radius 2 is 1.24 bits per heavy atom. The molecule has 2 saturated carbocycles. The summed E-state index contributed by atoms with van der Waals surface area (Å²) >= 11 is 0. The van der Waals surface area contributed by atoms with Gasteiger partial charge in [0.2, 0.25) is 0 Å². The molecule has 0 atom stereocenters. The van der Waals surface area contributed by atoms with Crippen LogP contribution in [-0.2, 0) is 0 Å². The summed E-state index contributed by atoms with van der Waals surface area (Å²) in [6.07, 6.45) is 27.0. The van der Waals surface area contributed by atoms with Crippen LogP contribution in [0, 0.1) is 35.0 Å². The van der Waals surface area contributed by atoms with Crippen molar-refractivity contribution in [3.05, 3.63) is 12.2 Å². The van der Waals surface area contributed by atoms with E-state index in [0.717, 1.165) is 17.8 Å². The Morgan fingerprint density at radius 1 is 0.720 bits per heavy atom. The summed E-state index contributed by atoms with van der Waals surface area (Å²) < 4.78 is 0. The second kappa shape index (κ2) is 12.6. The van der Waals surface area contributed by atoms with Gasteiger partial charge in [-0.05, 0) is 49.4 Å². The molecule has 142 valence electrons. The van der Waals surface area contributed by atoms with Gasteiger partial charge in [0.25, 0.3) is 0 Å². The summed E-state index contributed by atoms with van der Waals surface area (Å²) in [5.74, 6) is 3.75. The molecule has 2 aliphatic rings. The van der Waals surface area contributed by atoms with Crippen molar-refractivity contribution in [3.8, 4) is 6.07 Å². The van der Waals surface area contributed by atoms with Crippen LogP contribution in [0.4, 0.5) is 0 Å². The molecule has 0 unspecified atom stereocenters. The minimum Gasteiger partial charge on any atom is -0.193 e. The zero-order valence-electron chi connectivity index (χ0n) is 16.7. The van der Waals surface area contributed by atoms with Crippen molar-refractivity contribution in [2.24, 2.45) is 23.7 Å². The molecule has 0 aromatic heterocycles. The Kier molecular flexibility index (Phi) is 10.3. The summed E-state index contributed by atoms with van der Waals surface area (Å²) in [6.45, 7) is 2.30. The zero-order valence-corrected chi connectivity index (χ0v) is 16.7. The Morgan fingerprint density at radius 3 is 1.80 bits per heavy atom. The van der Waals surface area contributed by atoms with E-state index >= 15 is 0 Å². The minimum atomic E-state index is 0.684. The number of allylic oxidation sites excluding steroid dienone is 2. The quantitative estimate of drug-likeness (QED) is 0.293. The summed E-state index contributed by atoms with van der Waals surface area (Å²) in [5.41, 5.74) is 0. The van der Waals surface area contributed by atoms with Crippen LogP contribution in [0.5, 0.6) is 0 Å². The van der Waals surface area contributed by atoms with E-state index < -0.39 is 0 Å². The molecule has 1 heteroatoms. The standard InChI is InChI=1S/C24H41N/c1-2-3-4-5-6-8-21-10-14-23(15-11-21)18-19-24-16-12-22(13-17-24)9-7-20-25/h7,9,21-24H,2-6,8,10-19H2,1H3/b9-7+/t21-,22-,23-,24-. The van der Waals surface area contributed by atoms with Gasteiger partial charge in [0.1, 0.15) is 0 Å². The lowest BCUT2D eigenvalue weighted by Crippen LogP contribution is -2.17. The molecule has 1 nitrogen and oxygen atoms in total. The van der Waals surface area contributed by atoms with Crippen molar-refractivity contribution in [1.82, 2.24) is 0 Å². The number of hydrogen-bond donors (Lipinski definition) is 0. The Balaban J connectivity index is 1.50. The largest absolute Gasteiger partial charge is 0.193 e. The maximum Gasteiger partial charge on any atom is 0.0908 e. The highest BCUT2D eigenvalue weighted by atomic mass is 14.3. The molecule has 25 heavy (non-hydrogen) atoms. The lowest BCUT2D eigenvalue weighted by molar-refractivity contribution is 0.219. The number of rotatable bonds is 10. The van der Waals surface area contributed by atoms with E-state index in [4.69, 9.17) is 5.26 Å². The van der Waals surface area contributed by atoms with Crippen molar-refractivity contribution < 1.29 is 0 Å². The van der Waals surface area contributed by atoms with Gasteiger partial charge in [-0.1, -0.05) is 90.0 Å². The smallest absolute Gasteiger partial charge is 0.0908 e. The van der Waals surface area contributed by atoms with Crippen molar-refractivity contribution in [3.63, 3.8) is 0 Å². The third-order valence-electron chi connectivity index (χ3n) is 7.00. The molecule has 0 aromatic rings. The van der Waals surface area contributed by atoms with E-state index in [2.05, 4.69) is 19.1 Å². The molecule has 0 N–H and O–H groups in total. The molecule has 2 fully saturated rings. The van der Waals surface area contributed by atoms with Gasteiger partial charge in [-0.25, -0.2) is 0 Å². The topological polar surface area (TPSA) is 23.8 Å². The van der Waals surface area contributed by atoms with E-state index in [9.17, 15) is 0 Å². The first-order valence-electron chi connectivity index (χ1n) is 11.4. The highest BCUT2D eigenvalue weighted by molar-refractivity contribution is 5.04. The normalized spacial score (nSPS) is 30.4. The predicted octanol–water partition coefficient (Wildman–Crippen LogP) is 7.82. The van der Waals surface area contributed by atoms with Gasteiger partial charge in [0.05, 0.1) is 6.07 Å². The second-order valence-electron chi connectivity index (χ2n) is 8.94. The van der Waals surface area contributed by atoms with Crippen LogP contribution in [0.3, 0.4) is 0 Å². The molecule has 0 aliphatic heterocycles. The molecular formula is C24H41N. The number of nitriles is 1. The maximum atomic E-state index is 8.64. The van der Waals surface area contributed by atoms with Gasteiger partial charge in [-0.15, -0.1) is 0 Å². The van der Waals surface area contributed by atoms with E-state index in [1.165, 1.54) is 103 Å². The molecule has 0 amide bonds. The molecule has 0 aromatic carbocycles. The summed E-state index contributed by atoms with van der Waals surface area (Å²) in [6, 6.07) is 2.14. The number of hydrogen-bond acceptors (Lipinski definition) is 1. The summed E-state index contributed by atoms with van der Waals surface area (Å²) in [4.78, 5) is 0. The predicted molar refractivity (Wildman–Crippen MR) is 108 cm³/mol. The van der Waals surface area contributed by atoms with Gasteiger partial charge in [0, 0.05) is 6.08 Å². The fourth-order valence-electron chi connectivity index (χ4n) is 5.17. The maximum absolute atomic E-state index is 8.64. The third kappa shape index (κ3) is 8.44. The van der Waals surface area contributed by atoms with Crippen molar-refractivity contribution in [1.29, 1.82) is 5.26 Å². The van der Waals surface area contributed by atoms with E-state index in [-0.39, 0.29) is 0 Å². The lowest BCUT2D eigenvalue weighted by Gasteiger charge is -2.31. The number of unbranched alkanes of at least 4 members (excludes halogenated alkanes) is 4. The number of nitrogens with zero attached hydrogens (tertiary/aromatic N) is 1. The molecule has 0 radical (unpaired) electrons. The highest BCUT2D eigenvalue weighted by Gasteiger charge is 2.24. The average molecular weight is 344 g/mol. The van der Waals surface area contributed by atoms with Gasteiger partial charge in [-0.2, -0.15) is 5.26 Å². The van der Waals surface area contributed by atoms with Gasteiger partial charge < -0.3 is 0 Å². The van der Waals surface area contributed by atoms with Gasteiger partial charge in [-0.3, -0.25) is 0 Å². The monoisotopic (exact) mass is 343 g/mol.